The zero-order valence-corrected chi connectivity index (χ0v) is 12.7. The van der Waals surface area contributed by atoms with Crippen molar-refractivity contribution in [2.75, 3.05) is 14.2 Å². The lowest BCUT2D eigenvalue weighted by molar-refractivity contribution is -0.178. The van der Waals surface area contributed by atoms with Gasteiger partial charge in [-0.15, -0.1) is 0 Å². The number of nitrogens with zero attached hydrogens (tertiary/aromatic N) is 1. The minimum absolute atomic E-state index is 0.144. The highest BCUT2D eigenvalue weighted by atomic mass is 16.6. The van der Waals surface area contributed by atoms with Crippen LogP contribution in [0.4, 0.5) is 4.79 Å². The van der Waals surface area contributed by atoms with Gasteiger partial charge in [-0.05, 0) is 27.7 Å². The highest BCUT2D eigenvalue weighted by molar-refractivity contribution is 5.93. The first kappa shape index (κ1) is 16.3. The summed E-state index contributed by atoms with van der Waals surface area (Å²) in [5.74, 6) is -1.18. The van der Waals surface area contributed by atoms with Crippen molar-refractivity contribution in [3.63, 3.8) is 0 Å². The van der Waals surface area contributed by atoms with E-state index < -0.39 is 35.2 Å². The Morgan fingerprint density at radius 1 is 1.15 bits per heavy atom. The molecule has 0 spiro atoms. The predicted octanol–water partition coefficient (Wildman–Crippen LogP) is 1.10. The van der Waals surface area contributed by atoms with Gasteiger partial charge < -0.3 is 14.2 Å². The third-order valence-electron chi connectivity index (χ3n) is 3.12. The molecule has 0 aliphatic carbocycles. The molecule has 0 N–H and O–H groups in total. The number of methoxy groups -OCH3 is 2. The molecule has 2 atom stereocenters. The molecule has 20 heavy (non-hydrogen) atoms. The molecule has 0 aromatic heterocycles. The van der Waals surface area contributed by atoms with Crippen LogP contribution in [0.5, 0.6) is 0 Å². The second-order valence-electron chi connectivity index (χ2n) is 5.86. The molecular formula is C13H21NO6. The normalized spacial score (nSPS) is 25.5. The summed E-state index contributed by atoms with van der Waals surface area (Å²) in [7, 11) is 2.45. The molecule has 1 rings (SSSR count). The third-order valence-corrected chi connectivity index (χ3v) is 3.12. The monoisotopic (exact) mass is 287 g/mol. The summed E-state index contributed by atoms with van der Waals surface area (Å²) < 4.78 is 14.5. The van der Waals surface area contributed by atoms with Crippen molar-refractivity contribution in [1.29, 1.82) is 0 Å². The first-order valence-corrected chi connectivity index (χ1v) is 6.25. The van der Waals surface area contributed by atoms with Crippen molar-refractivity contribution < 1.29 is 28.6 Å². The lowest BCUT2D eigenvalue weighted by Crippen LogP contribution is -2.73. The van der Waals surface area contributed by atoms with E-state index in [-0.39, 0.29) is 6.42 Å². The molecular weight excluding hydrogens is 266 g/mol. The summed E-state index contributed by atoms with van der Waals surface area (Å²) in [6.07, 6.45) is -0.599. The maximum absolute atomic E-state index is 12.2. The van der Waals surface area contributed by atoms with E-state index >= 15 is 0 Å². The topological polar surface area (TPSA) is 82.1 Å². The molecule has 0 radical (unpaired) electrons. The Morgan fingerprint density at radius 3 is 2.10 bits per heavy atom. The van der Waals surface area contributed by atoms with Crippen molar-refractivity contribution >= 4 is 18.0 Å². The van der Waals surface area contributed by atoms with Crippen LogP contribution in [-0.2, 0) is 23.8 Å². The lowest BCUT2D eigenvalue weighted by Gasteiger charge is -2.52. The first-order valence-electron chi connectivity index (χ1n) is 6.25. The largest absolute Gasteiger partial charge is 0.467 e. The fourth-order valence-corrected chi connectivity index (χ4v) is 2.16. The van der Waals surface area contributed by atoms with Crippen LogP contribution < -0.4 is 0 Å². The second kappa shape index (κ2) is 5.30. The van der Waals surface area contributed by atoms with Gasteiger partial charge >= 0.3 is 18.0 Å². The minimum atomic E-state index is -1.21. The van der Waals surface area contributed by atoms with Gasteiger partial charge in [0, 0.05) is 6.42 Å². The SMILES string of the molecule is COC(=O)[C@H]1CC(C)(C(=O)OC)N1C(=O)OC(C)(C)C. The van der Waals surface area contributed by atoms with E-state index in [0.717, 1.165) is 4.90 Å². The molecule has 1 aliphatic rings. The van der Waals surface area contributed by atoms with Gasteiger partial charge in [0.2, 0.25) is 0 Å². The number of amides is 1. The third kappa shape index (κ3) is 2.86. The maximum atomic E-state index is 12.2. The molecule has 1 heterocycles. The van der Waals surface area contributed by atoms with E-state index in [1.807, 2.05) is 0 Å². The molecule has 0 aromatic carbocycles. The Bertz CT molecular complexity index is 427. The lowest BCUT2D eigenvalue weighted by atomic mass is 9.80. The summed E-state index contributed by atoms with van der Waals surface area (Å²) in [5, 5.41) is 0. The van der Waals surface area contributed by atoms with E-state index in [0.29, 0.717) is 0 Å². The molecule has 1 unspecified atom stereocenters. The predicted molar refractivity (Wildman–Crippen MR) is 68.9 cm³/mol. The van der Waals surface area contributed by atoms with Crippen molar-refractivity contribution in [2.24, 2.45) is 0 Å². The van der Waals surface area contributed by atoms with Crippen LogP contribution in [0.1, 0.15) is 34.1 Å². The van der Waals surface area contributed by atoms with Crippen molar-refractivity contribution in [1.82, 2.24) is 4.90 Å². The molecule has 1 aliphatic heterocycles. The van der Waals surface area contributed by atoms with Crippen LogP contribution in [0.25, 0.3) is 0 Å². The molecule has 1 amide bonds. The average Bonchev–Trinajstić information content (AvgIpc) is 2.30. The van der Waals surface area contributed by atoms with Gasteiger partial charge in [-0.3, -0.25) is 4.90 Å². The molecule has 1 saturated heterocycles. The maximum Gasteiger partial charge on any atom is 0.412 e. The molecule has 1 fully saturated rings. The number of carbonyl (C=O) groups is 3. The van der Waals surface area contributed by atoms with Crippen LogP contribution in [0.2, 0.25) is 0 Å². The Kier molecular flexibility index (Phi) is 4.31. The Balaban J connectivity index is 3.00. The van der Waals surface area contributed by atoms with Gasteiger partial charge in [-0.25, -0.2) is 14.4 Å². The van der Waals surface area contributed by atoms with Crippen LogP contribution >= 0.6 is 0 Å². The van der Waals surface area contributed by atoms with Crippen molar-refractivity contribution in [2.45, 2.75) is 51.3 Å². The summed E-state index contributed by atoms with van der Waals surface area (Å²) in [6, 6.07) is -0.834. The Labute approximate surface area is 118 Å². The smallest absolute Gasteiger partial charge is 0.412 e. The molecule has 0 saturated carbocycles. The standard InChI is InChI=1S/C13H21NO6/c1-12(2,3)20-11(17)14-8(9(15)18-5)7-13(14,4)10(16)19-6/h8H,7H2,1-6H3/t8-,13?/m1/s1. The number of hydrogen-bond donors (Lipinski definition) is 0. The van der Waals surface area contributed by atoms with E-state index in [9.17, 15) is 14.4 Å². The fraction of sp³-hybridized carbons (Fsp3) is 0.769. The van der Waals surface area contributed by atoms with Crippen molar-refractivity contribution in [3.05, 3.63) is 0 Å². The van der Waals surface area contributed by atoms with Gasteiger partial charge in [0.05, 0.1) is 14.2 Å². The summed E-state index contributed by atoms with van der Waals surface area (Å²) in [6.45, 7) is 6.64. The average molecular weight is 287 g/mol. The number of likely N-dealkylation sites (tertiary alicyclic amines) is 1. The molecule has 7 heteroatoms. The summed E-state index contributed by atoms with van der Waals surface area (Å²) in [4.78, 5) is 36.8. The molecule has 0 aromatic rings. The van der Waals surface area contributed by atoms with Gasteiger partial charge in [0.1, 0.15) is 17.2 Å². The van der Waals surface area contributed by atoms with Gasteiger partial charge in [-0.1, -0.05) is 0 Å². The summed E-state index contributed by atoms with van der Waals surface area (Å²) >= 11 is 0. The van der Waals surface area contributed by atoms with Crippen LogP contribution in [0.15, 0.2) is 0 Å². The van der Waals surface area contributed by atoms with E-state index in [1.165, 1.54) is 21.1 Å². The van der Waals surface area contributed by atoms with Crippen LogP contribution in [0.3, 0.4) is 0 Å². The number of rotatable bonds is 2. The number of ether oxygens (including phenoxy) is 3. The minimum Gasteiger partial charge on any atom is -0.467 e. The van der Waals surface area contributed by atoms with E-state index in [4.69, 9.17) is 4.74 Å². The number of carbonyl (C=O) groups excluding carboxylic acids is 3. The molecule has 0 bridgehead atoms. The van der Waals surface area contributed by atoms with E-state index in [2.05, 4.69) is 9.47 Å². The molecule has 7 nitrogen and oxygen atoms in total. The summed E-state index contributed by atoms with van der Waals surface area (Å²) in [5.41, 5.74) is -1.94. The first-order chi connectivity index (χ1) is 9.06. The van der Waals surface area contributed by atoms with Crippen molar-refractivity contribution in [3.8, 4) is 0 Å². The zero-order chi connectivity index (χ0) is 15.7. The Hall–Kier alpha value is -1.79. The van der Waals surface area contributed by atoms with Gasteiger partial charge in [-0.2, -0.15) is 0 Å². The number of hydrogen-bond acceptors (Lipinski definition) is 6. The zero-order valence-electron chi connectivity index (χ0n) is 12.7. The Morgan fingerprint density at radius 2 is 1.70 bits per heavy atom. The van der Waals surface area contributed by atoms with E-state index in [1.54, 1.807) is 20.8 Å². The quantitative estimate of drug-likeness (QED) is 0.559. The second-order valence-corrected chi connectivity index (χ2v) is 5.86. The highest BCUT2D eigenvalue weighted by Gasteiger charge is 2.61. The fourth-order valence-electron chi connectivity index (χ4n) is 2.16. The van der Waals surface area contributed by atoms with Gasteiger partial charge in [0.25, 0.3) is 0 Å². The highest BCUT2D eigenvalue weighted by Crippen LogP contribution is 2.39. The molecule has 114 valence electrons. The van der Waals surface area contributed by atoms with Crippen LogP contribution in [0, 0.1) is 0 Å². The number of esters is 2. The van der Waals surface area contributed by atoms with Gasteiger partial charge in [0.15, 0.2) is 0 Å². The van der Waals surface area contributed by atoms with Crippen LogP contribution in [-0.4, -0.2) is 54.3 Å².